The highest BCUT2D eigenvalue weighted by Gasteiger charge is 2.25. The molecule has 0 saturated carbocycles. The lowest BCUT2D eigenvalue weighted by atomic mass is 10.0. The van der Waals surface area contributed by atoms with Gasteiger partial charge in [-0.15, -0.1) is 0 Å². The van der Waals surface area contributed by atoms with Gasteiger partial charge < -0.3 is 14.5 Å². The number of nitrogens with zero attached hydrogens (tertiary/aromatic N) is 3. The van der Waals surface area contributed by atoms with Crippen molar-refractivity contribution in [2.75, 3.05) is 38.2 Å². The van der Waals surface area contributed by atoms with Crippen molar-refractivity contribution in [2.45, 2.75) is 19.8 Å². The largest absolute Gasteiger partial charge is 0.496 e. The van der Waals surface area contributed by atoms with Gasteiger partial charge in [-0.1, -0.05) is 26.0 Å². The first-order chi connectivity index (χ1) is 12.1. The number of hydrogen-bond acceptors (Lipinski definition) is 4. The molecule has 0 N–H and O–H groups in total. The molecule has 1 fully saturated rings. The lowest BCUT2D eigenvalue weighted by Gasteiger charge is -2.35. The van der Waals surface area contributed by atoms with E-state index in [-0.39, 0.29) is 5.91 Å². The van der Waals surface area contributed by atoms with Crippen molar-refractivity contribution in [2.24, 2.45) is 0 Å². The van der Waals surface area contributed by atoms with Crippen LogP contribution in [0.15, 0.2) is 42.6 Å². The average molecular weight is 339 g/mol. The molecule has 1 aromatic heterocycles. The molecule has 1 amide bonds. The highest BCUT2D eigenvalue weighted by atomic mass is 16.5. The monoisotopic (exact) mass is 339 g/mol. The molecule has 1 saturated heterocycles. The molecular weight excluding hydrogens is 314 g/mol. The first-order valence-corrected chi connectivity index (χ1v) is 8.73. The van der Waals surface area contributed by atoms with Crippen LogP contribution in [0, 0.1) is 0 Å². The molecule has 1 aromatic carbocycles. The second-order valence-corrected chi connectivity index (χ2v) is 6.58. The molecule has 132 valence electrons. The number of carbonyl (C=O) groups is 1. The van der Waals surface area contributed by atoms with Crippen LogP contribution in [0.2, 0.25) is 0 Å². The Balaban J connectivity index is 1.70. The van der Waals surface area contributed by atoms with Crippen molar-refractivity contribution in [3.8, 4) is 5.75 Å². The number of hydrogen-bond donors (Lipinski definition) is 0. The summed E-state index contributed by atoms with van der Waals surface area (Å²) in [5.41, 5.74) is 1.81. The predicted molar refractivity (Wildman–Crippen MR) is 99.4 cm³/mol. The summed E-state index contributed by atoms with van der Waals surface area (Å²) in [7, 11) is 1.62. The number of pyridine rings is 1. The number of carbonyl (C=O) groups excluding carboxylic acids is 1. The van der Waals surface area contributed by atoms with Crippen LogP contribution in [0.4, 0.5) is 5.82 Å². The van der Waals surface area contributed by atoms with E-state index in [0.29, 0.717) is 30.3 Å². The van der Waals surface area contributed by atoms with E-state index < -0.39 is 0 Å². The second-order valence-electron chi connectivity index (χ2n) is 6.58. The van der Waals surface area contributed by atoms with Gasteiger partial charge >= 0.3 is 0 Å². The molecule has 1 aliphatic heterocycles. The minimum Gasteiger partial charge on any atom is -0.496 e. The minimum absolute atomic E-state index is 0.0350. The van der Waals surface area contributed by atoms with Crippen LogP contribution in [0.1, 0.15) is 35.7 Å². The van der Waals surface area contributed by atoms with Gasteiger partial charge in [0.05, 0.1) is 12.7 Å². The molecular formula is C20H25N3O2. The van der Waals surface area contributed by atoms with E-state index in [0.717, 1.165) is 18.9 Å². The minimum atomic E-state index is 0.0350. The zero-order chi connectivity index (χ0) is 17.8. The van der Waals surface area contributed by atoms with E-state index in [9.17, 15) is 4.79 Å². The number of methoxy groups -OCH3 is 1. The number of piperazine rings is 1. The third-order valence-electron chi connectivity index (χ3n) is 4.66. The lowest BCUT2D eigenvalue weighted by molar-refractivity contribution is 0.0743. The number of rotatable bonds is 4. The van der Waals surface area contributed by atoms with E-state index >= 15 is 0 Å². The van der Waals surface area contributed by atoms with Crippen LogP contribution in [-0.4, -0.2) is 49.1 Å². The Morgan fingerprint density at radius 3 is 2.48 bits per heavy atom. The third-order valence-corrected chi connectivity index (χ3v) is 4.66. The highest BCUT2D eigenvalue weighted by Crippen LogP contribution is 2.26. The zero-order valence-electron chi connectivity index (χ0n) is 15.1. The number of benzene rings is 1. The maximum Gasteiger partial charge on any atom is 0.257 e. The summed E-state index contributed by atoms with van der Waals surface area (Å²) in [4.78, 5) is 21.4. The Morgan fingerprint density at radius 1 is 1.12 bits per heavy atom. The molecule has 0 atom stereocenters. The molecule has 0 radical (unpaired) electrons. The molecule has 3 rings (SSSR count). The molecule has 2 heterocycles. The molecule has 1 aliphatic rings. The van der Waals surface area contributed by atoms with Crippen LogP contribution in [0.3, 0.4) is 0 Å². The maximum atomic E-state index is 12.9. The van der Waals surface area contributed by atoms with Crippen LogP contribution in [0.25, 0.3) is 0 Å². The van der Waals surface area contributed by atoms with Crippen molar-refractivity contribution in [3.05, 3.63) is 53.7 Å². The first kappa shape index (κ1) is 17.3. The van der Waals surface area contributed by atoms with Crippen molar-refractivity contribution in [1.29, 1.82) is 0 Å². The molecule has 0 spiro atoms. The van der Waals surface area contributed by atoms with Gasteiger partial charge in [-0.3, -0.25) is 4.79 Å². The van der Waals surface area contributed by atoms with Gasteiger partial charge in [0.1, 0.15) is 11.6 Å². The summed E-state index contributed by atoms with van der Waals surface area (Å²) < 4.78 is 5.47. The van der Waals surface area contributed by atoms with E-state index in [2.05, 4.69) is 23.7 Å². The predicted octanol–water partition coefficient (Wildman–Crippen LogP) is 3.18. The Hall–Kier alpha value is -2.56. The summed E-state index contributed by atoms with van der Waals surface area (Å²) >= 11 is 0. The van der Waals surface area contributed by atoms with Gasteiger partial charge in [0, 0.05) is 32.4 Å². The number of amides is 1. The SMILES string of the molecule is COc1cc(C(C)C)ccc1C(=O)N1CCN(c2ccccn2)CC1. The third kappa shape index (κ3) is 3.76. The van der Waals surface area contributed by atoms with Gasteiger partial charge in [0.2, 0.25) is 0 Å². The quantitative estimate of drug-likeness (QED) is 0.858. The average Bonchev–Trinajstić information content (AvgIpc) is 2.67. The van der Waals surface area contributed by atoms with Crippen molar-refractivity contribution < 1.29 is 9.53 Å². The lowest BCUT2D eigenvalue weighted by Crippen LogP contribution is -2.49. The molecule has 0 bridgehead atoms. The van der Waals surface area contributed by atoms with E-state index in [1.54, 1.807) is 13.3 Å². The normalized spacial score (nSPS) is 14.7. The summed E-state index contributed by atoms with van der Waals surface area (Å²) in [6, 6.07) is 11.8. The number of anilines is 1. The molecule has 0 aliphatic carbocycles. The van der Waals surface area contributed by atoms with E-state index in [1.165, 1.54) is 5.56 Å². The Morgan fingerprint density at radius 2 is 1.88 bits per heavy atom. The van der Waals surface area contributed by atoms with E-state index in [1.807, 2.05) is 41.3 Å². The van der Waals surface area contributed by atoms with Crippen molar-refractivity contribution in [3.63, 3.8) is 0 Å². The molecule has 2 aromatic rings. The van der Waals surface area contributed by atoms with Crippen molar-refractivity contribution >= 4 is 11.7 Å². The fourth-order valence-corrected chi connectivity index (χ4v) is 3.09. The van der Waals surface area contributed by atoms with Crippen LogP contribution in [-0.2, 0) is 0 Å². The van der Waals surface area contributed by atoms with Crippen LogP contribution >= 0.6 is 0 Å². The van der Waals surface area contributed by atoms with Gasteiger partial charge in [-0.2, -0.15) is 0 Å². The molecule has 5 heteroatoms. The zero-order valence-corrected chi connectivity index (χ0v) is 15.1. The summed E-state index contributed by atoms with van der Waals surface area (Å²) in [6.45, 7) is 7.21. The van der Waals surface area contributed by atoms with Gasteiger partial charge in [0.25, 0.3) is 5.91 Å². The van der Waals surface area contributed by atoms with Gasteiger partial charge in [0.15, 0.2) is 0 Å². The second kappa shape index (κ2) is 7.55. The molecule has 5 nitrogen and oxygen atoms in total. The summed E-state index contributed by atoms with van der Waals surface area (Å²) in [6.07, 6.45) is 1.80. The Kier molecular flexibility index (Phi) is 5.22. The molecule has 0 unspecified atom stereocenters. The summed E-state index contributed by atoms with van der Waals surface area (Å²) in [5.74, 6) is 2.06. The number of aromatic nitrogens is 1. The van der Waals surface area contributed by atoms with E-state index in [4.69, 9.17) is 4.74 Å². The Labute approximate surface area is 149 Å². The van der Waals surface area contributed by atoms with Gasteiger partial charge in [-0.05, 0) is 35.7 Å². The topological polar surface area (TPSA) is 45.7 Å². The maximum absolute atomic E-state index is 12.9. The molecule has 25 heavy (non-hydrogen) atoms. The Bertz CT molecular complexity index is 723. The van der Waals surface area contributed by atoms with Crippen molar-refractivity contribution in [1.82, 2.24) is 9.88 Å². The summed E-state index contributed by atoms with van der Waals surface area (Å²) in [5, 5.41) is 0. The highest BCUT2D eigenvalue weighted by molar-refractivity contribution is 5.97. The number of ether oxygens (including phenoxy) is 1. The smallest absolute Gasteiger partial charge is 0.257 e. The fraction of sp³-hybridized carbons (Fsp3) is 0.400. The first-order valence-electron chi connectivity index (χ1n) is 8.73. The van der Waals surface area contributed by atoms with Gasteiger partial charge in [-0.25, -0.2) is 4.98 Å². The standard InChI is InChI=1S/C20H25N3O2/c1-15(2)16-7-8-17(18(14-16)25-3)20(24)23-12-10-22(11-13-23)19-6-4-5-9-21-19/h4-9,14-15H,10-13H2,1-3H3. The van der Waals surface area contributed by atoms with Crippen LogP contribution in [0.5, 0.6) is 5.75 Å². The van der Waals surface area contributed by atoms with Crippen LogP contribution < -0.4 is 9.64 Å². The fourth-order valence-electron chi connectivity index (χ4n) is 3.09.